The number of aryl methyl sites for hydroxylation is 1. The molecule has 0 radical (unpaired) electrons. The predicted octanol–water partition coefficient (Wildman–Crippen LogP) is 0.830. The van der Waals surface area contributed by atoms with Crippen molar-refractivity contribution in [3.8, 4) is 0 Å². The Bertz CT molecular complexity index is 386. The number of amides is 1. The standard InChI is InChI=1S/C10H14N2O4/c1-3-8-11-5-7(16-8)10(15)12-6(2)4-9(13)14/h5-6H,3-4H2,1-2H3,(H,12,15)(H,13,14). The molecule has 1 unspecified atom stereocenters. The highest BCUT2D eigenvalue weighted by Gasteiger charge is 2.15. The lowest BCUT2D eigenvalue weighted by atomic mass is 10.2. The molecule has 0 spiro atoms. The molecule has 1 heterocycles. The summed E-state index contributed by atoms with van der Waals surface area (Å²) in [4.78, 5) is 25.8. The number of carbonyl (C=O) groups excluding carboxylic acids is 1. The highest BCUT2D eigenvalue weighted by atomic mass is 16.4. The van der Waals surface area contributed by atoms with Gasteiger partial charge in [-0.05, 0) is 6.92 Å². The predicted molar refractivity (Wildman–Crippen MR) is 55.1 cm³/mol. The van der Waals surface area contributed by atoms with Crippen LogP contribution in [0.4, 0.5) is 0 Å². The van der Waals surface area contributed by atoms with Crippen molar-refractivity contribution in [2.75, 3.05) is 0 Å². The van der Waals surface area contributed by atoms with E-state index in [2.05, 4.69) is 10.3 Å². The van der Waals surface area contributed by atoms with Crippen LogP contribution in [0.5, 0.6) is 0 Å². The molecule has 16 heavy (non-hydrogen) atoms. The topological polar surface area (TPSA) is 92.4 Å². The molecule has 1 aromatic heterocycles. The van der Waals surface area contributed by atoms with Gasteiger partial charge in [0.2, 0.25) is 5.76 Å². The Kier molecular flexibility index (Phi) is 4.04. The summed E-state index contributed by atoms with van der Waals surface area (Å²) in [5.41, 5.74) is 0. The van der Waals surface area contributed by atoms with Crippen LogP contribution < -0.4 is 5.32 Å². The molecule has 0 saturated carbocycles. The molecule has 6 heteroatoms. The first kappa shape index (κ1) is 12.2. The maximum atomic E-state index is 11.5. The van der Waals surface area contributed by atoms with Gasteiger partial charge in [-0.25, -0.2) is 4.98 Å². The van der Waals surface area contributed by atoms with Crippen LogP contribution in [-0.2, 0) is 11.2 Å². The minimum Gasteiger partial charge on any atom is -0.481 e. The zero-order valence-electron chi connectivity index (χ0n) is 9.19. The SMILES string of the molecule is CCc1ncc(C(=O)NC(C)CC(=O)O)o1. The summed E-state index contributed by atoms with van der Waals surface area (Å²) in [5, 5.41) is 11.0. The number of carboxylic acids is 1. The first-order valence-corrected chi connectivity index (χ1v) is 5.00. The third-order valence-electron chi connectivity index (χ3n) is 1.94. The van der Waals surface area contributed by atoms with E-state index in [9.17, 15) is 9.59 Å². The normalized spacial score (nSPS) is 12.1. The summed E-state index contributed by atoms with van der Waals surface area (Å²) >= 11 is 0. The summed E-state index contributed by atoms with van der Waals surface area (Å²) in [6, 6.07) is -0.444. The summed E-state index contributed by atoms with van der Waals surface area (Å²) in [7, 11) is 0. The van der Waals surface area contributed by atoms with Crippen molar-refractivity contribution in [3.63, 3.8) is 0 Å². The molecule has 88 valence electrons. The maximum Gasteiger partial charge on any atom is 0.305 e. The molecule has 2 N–H and O–H groups in total. The van der Waals surface area contributed by atoms with E-state index in [0.29, 0.717) is 12.3 Å². The van der Waals surface area contributed by atoms with Gasteiger partial charge in [-0.3, -0.25) is 9.59 Å². The largest absolute Gasteiger partial charge is 0.481 e. The number of carbonyl (C=O) groups is 2. The van der Waals surface area contributed by atoms with E-state index < -0.39 is 17.9 Å². The fourth-order valence-corrected chi connectivity index (χ4v) is 1.19. The van der Waals surface area contributed by atoms with E-state index >= 15 is 0 Å². The highest BCUT2D eigenvalue weighted by molar-refractivity contribution is 5.91. The van der Waals surface area contributed by atoms with Gasteiger partial charge in [0.25, 0.3) is 5.91 Å². The average Bonchev–Trinajstić information content (AvgIpc) is 2.64. The van der Waals surface area contributed by atoms with Crippen LogP contribution in [0.25, 0.3) is 0 Å². The van der Waals surface area contributed by atoms with Crippen LogP contribution in [0.1, 0.15) is 36.7 Å². The molecule has 0 aliphatic rings. The van der Waals surface area contributed by atoms with Crippen LogP contribution in [0.2, 0.25) is 0 Å². The van der Waals surface area contributed by atoms with Gasteiger partial charge >= 0.3 is 5.97 Å². The molecule has 0 aliphatic carbocycles. The van der Waals surface area contributed by atoms with E-state index in [1.54, 1.807) is 6.92 Å². The smallest absolute Gasteiger partial charge is 0.305 e. The fraction of sp³-hybridized carbons (Fsp3) is 0.500. The highest BCUT2D eigenvalue weighted by Crippen LogP contribution is 2.04. The average molecular weight is 226 g/mol. The number of aromatic nitrogens is 1. The van der Waals surface area contributed by atoms with Crippen LogP contribution >= 0.6 is 0 Å². The lowest BCUT2D eigenvalue weighted by Crippen LogP contribution is -2.33. The summed E-state index contributed by atoms with van der Waals surface area (Å²) in [6.45, 7) is 3.48. The number of carboxylic acid groups (broad SMARTS) is 1. The van der Waals surface area contributed by atoms with Gasteiger partial charge < -0.3 is 14.8 Å². The number of aliphatic carboxylic acids is 1. The molecule has 0 saturated heterocycles. The van der Waals surface area contributed by atoms with Gasteiger partial charge in [-0.1, -0.05) is 6.92 Å². The van der Waals surface area contributed by atoms with Gasteiger partial charge in [0.15, 0.2) is 5.89 Å². The van der Waals surface area contributed by atoms with E-state index in [-0.39, 0.29) is 12.2 Å². The van der Waals surface area contributed by atoms with Crippen LogP contribution in [0.15, 0.2) is 10.6 Å². The van der Waals surface area contributed by atoms with Crippen molar-refractivity contribution in [3.05, 3.63) is 17.8 Å². The molecular weight excluding hydrogens is 212 g/mol. The molecule has 0 aliphatic heterocycles. The molecule has 1 amide bonds. The molecule has 0 aromatic carbocycles. The number of nitrogens with one attached hydrogen (secondary N) is 1. The number of oxazole rings is 1. The Morgan fingerprint density at radius 2 is 2.31 bits per heavy atom. The molecule has 0 fully saturated rings. The van der Waals surface area contributed by atoms with Crippen LogP contribution in [-0.4, -0.2) is 28.0 Å². The Balaban J connectivity index is 2.54. The van der Waals surface area contributed by atoms with Crippen molar-refractivity contribution in [2.45, 2.75) is 32.7 Å². The quantitative estimate of drug-likeness (QED) is 0.775. The molecule has 1 atom stereocenters. The second-order valence-electron chi connectivity index (χ2n) is 3.44. The molecule has 1 rings (SSSR count). The lowest BCUT2D eigenvalue weighted by molar-refractivity contribution is -0.137. The molecule has 0 bridgehead atoms. The molecular formula is C10H14N2O4. The first-order chi connectivity index (χ1) is 7.52. The zero-order chi connectivity index (χ0) is 12.1. The zero-order valence-corrected chi connectivity index (χ0v) is 9.19. The molecule has 6 nitrogen and oxygen atoms in total. The van der Waals surface area contributed by atoms with E-state index in [4.69, 9.17) is 9.52 Å². The second-order valence-corrected chi connectivity index (χ2v) is 3.44. The van der Waals surface area contributed by atoms with E-state index in [1.807, 2.05) is 6.92 Å². The van der Waals surface area contributed by atoms with Gasteiger partial charge in [-0.2, -0.15) is 0 Å². The summed E-state index contributed by atoms with van der Waals surface area (Å²) < 4.78 is 5.13. The Morgan fingerprint density at radius 3 is 2.81 bits per heavy atom. The van der Waals surface area contributed by atoms with Gasteiger partial charge in [0.05, 0.1) is 12.6 Å². The van der Waals surface area contributed by atoms with E-state index in [1.165, 1.54) is 6.20 Å². The van der Waals surface area contributed by atoms with Crippen molar-refractivity contribution in [2.24, 2.45) is 0 Å². The Hall–Kier alpha value is -1.85. The van der Waals surface area contributed by atoms with Crippen molar-refractivity contribution < 1.29 is 19.1 Å². The third kappa shape index (κ3) is 3.38. The fourth-order valence-electron chi connectivity index (χ4n) is 1.19. The number of rotatable bonds is 5. The number of hydrogen-bond donors (Lipinski definition) is 2. The minimum absolute atomic E-state index is 0.106. The van der Waals surface area contributed by atoms with Crippen molar-refractivity contribution in [1.82, 2.24) is 10.3 Å². The third-order valence-corrected chi connectivity index (χ3v) is 1.94. The summed E-state index contributed by atoms with van der Waals surface area (Å²) in [6.07, 6.45) is 1.82. The van der Waals surface area contributed by atoms with Crippen LogP contribution in [0, 0.1) is 0 Å². The number of nitrogens with zero attached hydrogens (tertiary/aromatic N) is 1. The minimum atomic E-state index is -0.959. The van der Waals surface area contributed by atoms with E-state index in [0.717, 1.165) is 0 Å². The summed E-state index contributed by atoms with van der Waals surface area (Å²) in [5.74, 6) is -0.814. The lowest BCUT2D eigenvalue weighted by Gasteiger charge is -2.09. The first-order valence-electron chi connectivity index (χ1n) is 5.00. The van der Waals surface area contributed by atoms with Gasteiger partial charge in [0.1, 0.15) is 0 Å². The maximum absolute atomic E-state index is 11.5. The number of hydrogen-bond acceptors (Lipinski definition) is 4. The second kappa shape index (κ2) is 5.29. The monoisotopic (exact) mass is 226 g/mol. The van der Waals surface area contributed by atoms with Gasteiger partial charge in [-0.15, -0.1) is 0 Å². The van der Waals surface area contributed by atoms with Gasteiger partial charge in [0, 0.05) is 12.5 Å². The Morgan fingerprint density at radius 1 is 1.62 bits per heavy atom. The Labute approximate surface area is 92.7 Å². The van der Waals surface area contributed by atoms with Crippen molar-refractivity contribution in [1.29, 1.82) is 0 Å². The molecule has 1 aromatic rings. The van der Waals surface area contributed by atoms with Crippen molar-refractivity contribution >= 4 is 11.9 Å². The van der Waals surface area contributed by atoms with Crippen LogP contribution in [0.3, 0.4) is 0 Å².